The Morgan fingerprint density at radius 2 is 1.85 bits per heavy atom. The van der Waals surface area contributed by atoms with Gasteiger partial charge in [-0.2, -0.15) is 0 Å². The number of carboxylic acid groups (broad SMARTS) is 1. The molecule has 1 aliphatic heterocycles. The molecule has 1 aliphatic carbocycles. The number of amides is 2. The summed E-state index contributed by atoms with van der Waals surface area (Å²) in [7, 11) is 0. The van der Waals surface area contributed by atoms with Crippen LogP contribution in [0.3, 0.4) is 0 Å². The number of carbonyl (C=O) groups is 2. The Hall–Kier alpha value is -1.40. The quantitative estimate of drug-likeness (QED) is 0.846. The predicted octanol–water partition coefficient (Wildman–Crippen LogP) is 2.02. The van der Waals surface area contributed by atoms with Crippen molar-refractivity contribution in [3.8, 4) is 0 Å². The average Bonchev–Trinajstić information content (AvgIpc) is 2.34. The minimum atomic E-state index is -2.71. The van der Waals surface area contributed by atoms with E-state index in [1.54, 1.807) is 11.8 Å². The van der Waals surface area contributed by atoms with E-state index >= 15 is 0 Å². The molecule has 2 fully saturated rings. The molecule has 1 saturated carbocycles. The smallest absolute Gasteiger partial charge is 0.407 e. The van der Waals surface area contributed by atoms with Crippen LogP contribution in [0.5, 0.6) is 0 Å². The molecule has 7 heteroatoms. The van der Waals surface area contributed by atoms with Crippen LogP contribution in [0.1, 0.15) is 33.1 Å². The Morgan fingerprint density at radius 1 is 1.25 bits per heavy atom. The third-order valence-electron chi connectivity index (χ3n) is 4.28. The molecular formula is C13H20F2N2O3. The van der Waals surface area contributed by atoms with E-state index in [9.17, 15) is 18.4 Å². The summed E-state index contributed by atoms with van der Waals surface area (Å²) in [6.45, 7) is 4.14. The van der Waals surface area contributed by atoms with E-state index in [0.717, 1.165) is 0 Å². The summed E-state index contributed by atoms with van der Waals surface area (Å²) in [4.78, 5) is 26.3. The van der Waals surface area contributed by atoms with Gasteiger partial charge in [0.25, 0.3) is 0 Å². The van der Waals surface area contributed by atoms with Gasteiger partial charge in [0.15, 0.2) is 0 Å². The molecule has 0 aromatic rings. The Labute approximate surface area is 116 Å². The van der Waals surface area contributed by atoms with Gasteiger partial charge >= 0.3 is 6.09 Å². The molecule has 2 aliphatic rings. The molecule has 0 aromatic heterocycles. The normalized spacial score (nSPS) is 30.0. The summed E-state index contributed by atoms with van der Waals surface area (Å²) in [5.74, 6) is -3.57. The number of nitrogens with zero attached hydrogens (tertiary/aromatic N) is 2. The maximum Gasteiger partial charge on any atom is 0.407 e. The summed E-state index contributed by atoms with van der Waals surface area (Å²) < 4.78 is 25.8. The van der Waals surface area contributed by atoms with Gasteiger partial charge in [0.1, 0.15) is 0 Å². The van der Waals surface area contributed by atoms with E-state index in [4.69, 9.17) is 5.11 Å². The lowest BCUT2D eigenvalue weighted by atomic mass is 9.80. The summed E-state index contributed by atoms with van der Waals surface area (Å²) in [6, 6.07) is -0.524. The van der Waals surface area contributed by atoms with Crippen LogP contribution >= 0.6 is 0 Å². The molecule has 0 unspecified atom stereocenters. The molecule has 2 atom stereocenters. The van der Waals surface area contributed by atoms with Crippen LogP contribution in [-0.2, 0) is 4.79 Å². The van der Waals surface area contributed by atoms with E-state index in [1.165, 1.54) is 4.90 Å². The van der Waals surface area contributed by atoms with Crippen molar-refractivity contribution in [1.29, 1.82) is 0 Å². The molecule has 1 saturated heterocycles. The average molecular weight is 290 g/mol. The number of piperazine rings is 1. The summed E-state index contributed by atoms with van der Waals surface area (Å²) in [5, 5.41) is 9.11. The van der Waals surface area contributed by atoms with Gasteiger partial charge in [-0.3, -0.25) is 4.79 Å². The van der Waals surface area contributed by atoms with Crippen molar-refractivity contribution in [2.24, 2.45) is 5.92 Å². The molecule has 0 bridgehead atoms. The van der Waals surface area contributed by atoms with Gasteiger partial charge in [0, 0.05) is 43.9 Å². The van der Waals surface area contributed by atoms with Crippen molar-refractivity contribution < 1.29 is 23.5 Å². The summed E-state index contributed by atoms with van der Waals surface area (Å²) in [6.07, 6.45) is -1.14. The topological polar surface area (TPSA) is 60.9 Å². The second-order valence-corrected chi connectivity index (χ2v) is 5.80. The first-order valence-electron chi connectivity index (χ1n) is 6.93. The summed E-state index contributed by atoms with van der Waals surface area (Å²) in [5.41, 5.74) is 0. The number of alkyl halides is 2. The lowest BCUT2D eigenvalue weighted by Crippen LogP contribution is -2.62. The first kappa shape index (κ1) is 15.0. The first-order valence-corrected chi connectivity index (χ1v) is 6.93. The number of hydrogen-bond donors (Lipinski definition) is 1. The fourth-order valence-corrected chi connectivity index (χ4v) is 2.99. The summed E-state index contributed by atoms with van der Waals surface area (Å²) >= 11 is 0. The van der Waals surface area contributed by atoms with Crippen LogP contribution in [0.4, 0.5) is 13.6 Å². The van der Waals surface area contributed by atoms with Crippen LogP contribution < -0.4 is 0 Å². The molecule has 5 nitrogen and oxygen atoms in total. The predicted molar refractivity (Wildman–Crippen MR) is 67.7 cm³/mol. The number of halogens is 2. The highest BCUT2D eigenvalue weighted by Gasteiger charge is 2.51. The third kappa shape index (κ3) is 2.71. The lowest BCUT2D eigenvalue weighted by Gasteiger charge is -2.46. The van der Waals surface area contributed by atoms with Gasteiger partial charge in [-0.15, -0.1) is 0 Å². The molecular weight excluding hydrogens is 270 g/mol. The maximum absolute atomic E-state index is 12.9. The number of hydrogen-bond acceptors (Lipinski definition) is 2. The highest BCUT2D eigenvalue weighted by molar-refractivity contribution is 5.81. The van der Waals surface area contributed by atoms with Crippen LogP contribution in [0.15, 0.2) is 0 Å². The van der Waals surface area contributed by atoms with Crippen molar-refractivity contribution in [2.45, 2.75) is 51.1 Å². The first-order chi connectivity index (χ1) is 9.25. The van der Waals surface area contributed by atoms with Gasteiger partial charge in [-0.05, 0) is 13.3 Å². The number of carbonyl (C=O) groups excluding carboxylic acids is 1. The molecule has 114 valence electrons. The van der Waals surface area contributed by atoms with Crippen molar-refractivity contribution in [3.05, 3.63) is 0 Å². The van der Waals surface area contributed by atoms with E-state index in [2.05, 4.69) is 0 Å². The molecule has 2 amide bonds. The van der Waals surface area contributed by atoms with Crippen molar-refractivity contribution in [1.82, 2.24) is 9.80 Å². The Balaban J connectivity index is 2.04. The Kier molecular flexibility index (Phi) is 3.88. The van der Waals surface area contributed by atoms with Crippen molar-refractivity contribution in [2.75, 3.05) is 13.1 Å². The van der Waals surface area contributed by atoms with E-state index in [0.29, 0.717) is 6.42 Å². The second-order valence-electron chi connectivity index (χ2n) is 5.80. The van der Waals surface area contributed by atoms with E-state index < -0.39 is 17.9 Å². The monoisotopic (exact) mass is 290 g/mol. The second kappa shape index (κ2) is 5.18. The minimum Gasteiger partial charge on any atom is -0.465 e. The standard InChI is InChI=1S/C13H20F2N2O3/c1-3-10-7-16(12(19)20)8(2)6-17(10)11(18)9-4-13(14,15)5-9/h8-10H,3-7H2,1-2H3,(H,19,20)/t8-,10+/m0/s1. The van der Waals surface area contributed by atoms with Gasteiger partial charge < -0.3 is 14.9 Å². The maximum atomic E-state index is 12.9. The van der Waals surface area contributed by atoms with Gasteiger partial charge in [-0.25, -0.2) is 13.6 Å². The Bertz CT molecular complexity index is 408. The van der Waals surface area contributed by atoms with Gasteiger partial charge in [-0.1, -0.05) is 6.92 Å². The van der Waals surface area contributed by atoms with Crippen molar-refractivity contribution >= 4 is 12.0 Å². The largest absolute Gasteiger partial charge is 0.465 e. The minimum absolute atomic E-state index is 0.218. The zero-order valence-corrected chi connectivity index (χ0v) is 11.7. The molecule has 1 N–H and O–H groups in total. The zero-order valence-electron chi connectivity index (χ0n) is 11.7. The van der Waals surface area contributed by atoms with Crippen LogP contribution in [0.2, 0.25) is 0 Å². The van der Waals surface area contributed by atoms with Crippen LogP contribution in [0.25, 0.3) is 0 Å². The van der Waals surface area contributed by atoms with Crippen LogP contribution in [0, 0.1) is 5.92 Å². The highest BCUT2D eigenvalue weighted by Crippen LogP contribution is 2.43. The van der Waals surface area contributed by atoms with Gasteiger partial charge in [0.2, 0.25) is 11.8 Å². The number of rotatable bonds is 2. The molecule has 20 heavy (non-hydrogen) atoms. The molecule has 0 spiro atoms. The van der Waals surface area contributed by atoms with Crippen LogP contribution in [-0.4, -0.2) is 58.0 Å². The SMILES string of the molecule is CC[C@@H]1CN(C(=O)O)[C@@H](C)CN1C(=O)C1CC(F)(F)C1. The fraction of sp³-hybridized carbons (Fsp3) is 0.846. The van der Waals surface area contributed by atoms with Gasteiger partial charge in [0.05, 0.1) is 0 Å². The highest BCUT2D eigenvalue weighted by atomic mass is 19.3. The molecule has 0 radical (unpaired) electrons. The fourth-order valence-electron chi connectivity index (χ4n) is 2.99. The lowest BCUT2D eigenvalue weighted by molar-refractivity contribution is -0.164. The molecule has 0 aromatic carbocycles. The zero-order chi connectivity index (χ0) is 15.1. The van der Waals surface area contributed by atoms with Crippen molar-refractivity contribution in [3.63, 3.8) is 0 Å². The third-order valence-corrected chi connectivity index (χ3v) is 4.28. The Morgan fingerprint density at radius 3 is 2.30 bits per heavy atom. The van der Waals surface area contributed by atoms with E-state index in [1.807, 2.05) is 6.92 Å². The molecule has 2 rings (SSSR count). The molecule has 1 heterocycles. The van der Waals surface area contributed by atoms with E-state index in [-0.39, 0.29) is 43.9 Å².